The summed E-state index contributed by atoms with van der Waals surface area (Å²) in [6.07, 6.45) is 0.561. The smallest absolute Gasteiger partial charge is 0.416 e. The molecule has 0 unspecified atom stereocenters. The average molecular weight is 690 g/mol. The third kappa shape index (κ3) is 8.19. The van der Waals surface area contributed by atoms with Crippen molar-refractivity contribution in [1.82, 2.24) is 14.8 Å². The molecule has 0 bridgehead atoms. The van der Waals surface area contributed by atoms with Crippen LogP contribution in [-0.2, 0) is 22.2 Å². The van der Waals surface area contributed by atoms with Crippen LogP contribution in [0.5, 0.6) is 0 Å². The van der Waals surface area contributed by atoms with Gasteiger partial charge in [-0.2, -0.15) is 13.2 Å². The molecule has 2 aromatic carbocycles. The monoisotopic (exact) mass is 689 g/mol. The van der Waals surface area contributed by atoms with Crippen molar-refractivity contribution in [3.63, 3.8) is 0 Å². The number of nitrogens with zero attached hydrogens (tertiary/aromatic N) is 2. The van der Waals surface area contributed by atoms with E-state index < -0.39 is 76.3 Å². The van der Waals surface area contributed by atoms with Crippen molar-refractivity contribution < 1.29 is 41.0 Å². The Morgan fingerprint density at radius 2 is 1.67 bits per heavy atom. The minimum atomic E-state index is -4.85. The van der Waals surface area contributed by atoms with Gasteiger partial charge in [0.15, 0.2) is 0 Å². The number of aliphatic carboxylic acids is 1. The lowest BCUT2D eigenvalue weighted by atomic mass is 9.89. The molecule has 1 aromatic heterocycles. The number of amides is 1. The van der Waals surface area contributed by atoms with Crippen LogP contribution in [0, 0.1) is 55.5 Å². The van der Waals surface area contributed by atoms with E-state index in [4.69, 9.17) is 6.42 Å². The zero-order chi connectivity index (χ0) is 36.5. The molecule has 7 nitrogen and oxygen atoms in total. The fourth-order valence-corrected chi connectivity index (χ4v) is 6.58. The summed E-state index contributed by atoms with van der Waals surface area (Å²) < 4.78 is 89.3. The van der Waals surface area contributed by atoms with Crippen LogP contribution in [0.1, 0.15) is 72.2 Å². The molecule has 1 aliphatic rings. The number of nitrogens with one attached hydrogen (secondary N) is 1. The molecule has 0 spiro atoms. The topological polar surface area (TPSA) is 91.6 Å². The maximum atomic E-state index is 16.4. The molecule has 0 aliphatic carbocycles. The molecule has 2 atom stereocenters. The summed E-state index contributed by atoms with van der Waals surface area (Å²) in [6.45, 7) is 7.46. The van der Waals surface area contributed by atoms with Crippen LogP contribution >= 0.6 is 0 Å². The van der Waals surface area contributed by atoms with Crippen molar-refractivity contribution in [2.75, 3.05) is 20.1 Å². The van der Waals surface area contributed by atoms with Crippen LogP contribution in [0.3, 0.4) is 0 Å². The van der Waals surface area contributed by atoms with Gasteiger partial charge < -0.3 is 19.9 Å². The van der Waals surface area contributed by atoms with Gasteiger partial charge >= 0.3 is 12.1 Å². The van der Waals surface area contributed by atoms with Gasteiger partial charge in [0, 0.05) is 36.5 Å². The van der Waals surface area contributed by atoms with E-state index in [-0.39, 0.29) is 52.5 Å². The summed E-state index contributed by atoms with van der Waals surface area (Å²) in [7, 11) is 1.81. The molecule has 1 fully saturated rings. The van der Waals surface area contributed by atoms with E-state index in [0.717, 1.165) is 29.0 Å². The third-order valence-corrected chi connectivity index (χ3v) is 8.65. The molecule has 1 saturated heterocycles. The summed E-state index contributed by atoms with van der Waals surface area (Å²) in [6, 6.07) is 0.382. The second-order valence-corrected chi connectivity index (χ2v) is 13.1. The molecule has 2 N–H and O–H groups in total. The first-order valence-electron chi connectivity index (χ1n) is 15.6. The van der Waals surface area contributed by atoms with Crippen molar-refractivity contribution >= 4 is 11.9 Å². The molecule has 0 saturated carbocycles. The first-order chi connectivity index (χ1) is 22.8. The summed E-state index contributed by atoms with van der Waals surface area (Å²) in [5.74, 6) is -4.08. The molecule has 262 valence electrons. The number of carbonyl (C=O) groups is 2. The van der Waals surface area contributed by atoms with E-state index in [2.05, 4.69) is 11.2 Å². The maximum Gasteiger partial charge on any atom is 0.416 e. The van der Waals surface area contributed by atoms with E-state index in [1.54, 1.807) is 13.8 Å². The summed E-state index contributed by atoms with van der Waals surface area (Å²) >= 11 is 0. The van der Waals surface area contributed by atoms with Crippen molar-refractivity contribution in [3.05, 3.63) is 91.6 Å². The number of hydrogen-bond acceptors (Lipinski definition) is 4. The van der Waals surface area contributed by atoms with E-state index in [1.807, 2.05) is 11.9 Å². The van der Waals surface area contributed by atoms with Crippen LogP contribution < -0.4 is 10.9 Å². The number of carboxylic acid groups (broad SMARTS) is 1. The fourth-order valence-electron chi connectivity index (χ4n) is 6.58. The van der Waals surface area contributed by atoms with Crippen molar-refractivity contribution in [3.8, 4) is 23.5 Å². The third-order valence-electron chi connectivity index (χ3n) is 8.65. The minimum Gasteiger partial charge on any atom is -0.481 e. The summed E-state index contributed by atoms with van der Waals surface area (Å²) in [5.41, 5.74) is -3.30. The number of benzene rings is 2. The van der Waals surface area contributed by atoms with Crippen LogP contribution in [0.25, 0.3) is 11.1 Å². The highest BCUT2D eigenvalue weighted by molar-refractivity contribution is 5.82. The van der Waals surface area contributed by atoms with Gasteiger partial charge in [-0.25, -0.2) is 13.2 Å². The van der Waals surface area contributed by atoms with Gasteiger partial charge in [0.2, 0.25) is 5.91 Å². The largest absolute Gasteiger partial charge is 0.481 e. The number of terminal acetylenes is 1. The molecule has 1 amide bonds. The van der Waals surface area contributed by atoms with Crippen molar-refractivity contribution in [1.29, 1.82) is 0 Å². The number of aromatic nitrogens is 1. The predicted octanol–water partition coefficient (Wildman–Crippen LogP) is 6.57. The lowest BCUT2D eigenvalue weighted by Crippen LogP contribution is -2.45. The first-order valence-corrected chi connectivity index (χ1v) is 15.6. The zero-order valence-electron chi connectivity index (χ0n) is 27.6. The first kappa shape index (κ1) is 37.3. The van der Waals surface area contributed by atoms with E-state index in [1.165, 1.54) is 13.8 Å². The van der Waals surface area contributed by atoms with Gasteiger partial charge in [-0.1, -0.05) is 19.8 Å². The number of likely N-dealkylation sites (tertiary alicyclic amines) is 1. The number of hydrogen-bond donors (Lipinski definition) is 2. The highest BCUT2D eigenvalue weighted by atomic mass is 19.4. The zero-order valence-corrected chi connectivity index (χ0v) is 27.6. The second kappa shape index (κ2) is 14.5. The maximum absolute atomic E-state index is 16.4. The van der Waals surface area contributed by atoms with Gasteiger partial charge in [0.25, 0.3) is 5.56 Å². The Morgan fingerprint density at radius 1 is 1.06 bits per heavy atom. The molecule has 3 aromatic rings. The standard InChI is InChI=1S/C36H37F6N3O4/c1-7-22-12-25(31-19(4)9-24(37)10-20(31)5)34(39)32(33(22)38)27(14-30(47)48)43-35(49)28(8-18(2)3)45-17-23(11-21-15-44(6)16-21)26(13-29(45)46)36(40,41)42/h1,9-10,12-13,17-18,21,27-28H,8,11,14-16H2,2-6H3,(H,43,49)(H,47,48)/t27-,28+/m1/s1. The highest BCUT2D eigenvalue weighted by Crippen LogP contribution is 2.38. The number of pyridine rings is 1. The fraction of sp³-hybridized carbons (Fsp3) is 0.417. The minimum absolute atomic E-state index is 0.0164. The average Bonchev–Trinajstić information content (AvgIpc) is 2.95. The van der Waals surface area contributed by atoms with Crippen LogP contribution in [0.4, 0.5) is 26.3 Å². The highest BCUT2D eigenvalue weighted by Gasteiger charge is 2.38. The molecule has 0 radical (unpaired) electrons. The van der Waals surface area contributed by atoms with E-state index >= 15 is 8.78 Å². The van der Waals surface area contributed by atoms with E-state index in [0.29, 0.717) is 19.2 Å². The molecular weight excluding hydrogens is 652 g/mol. The Labute approximate surface area is 279 Å². The van der Waals surface area contributed by atoms with Gasteiger partial charge in [-0.3, -0.25) is 14.4 Å². The summed E-state index contributed by atoms with van der Waals surface area (Å²) in [4.78, 5) is 41.1. The SMILES string of the molecule is C#Cc1cc(-c2c(C)cc(F)cc2C)c(F)c([C@@H](CC(=O)O)NC(=O)[C@H](CC(C)C)n2cc(CC3CN(C)C3)c(C(F)(F)F)cc2=O)c1F. The Hall–Kier alpha value is -4.57. The Balaban J connectivity index is 1.85. The molecular formula is C36H37F6N3O4. The predicted molar refractivity (Wildman–Crippen MR) is 171 cm³/mol. The molecule has 1 aliphatic heterocycles. The number of carboxylic acids is 1. The molecule has 49 heavy (non-hydrogen) atoms. The lowest BCUT2D eigenvalue weighted by Gasteiger charge is -2.37. The van der Waals surface area contributed by atoms with Crippen molar-refractivity contribution in [2.24, 2.45) is 11.8 Å². The lowest BCUT2D eigenvalue weighted by molar-refractivity contribution is -0.139. The number of halogens is 6. The Bertz CT molecular complexity index is 1850. The quantitative estimate of drug-likeness (QED) is 0.176. The van der Waals surface area contributed by atoms with Crippen LogP contribution in [0.2, 0.25) is 0 Å². The Kier molecular flexibility index (Phi) is 11.0. The normalized spacial score (nSPS) is 15.1. The number of carbonyl (C=O) groups excluding carboxylic acids is 1. The number of aryl methyl sites for hydroxylation is 2. The van der Waals surface area contributed by atoms with Crippen LogP contribution in [-0.4, -0.2) is 46.6 Å². The van der Waals surface area contributed by atoms with Gasteiger partial charge in [-0.05, 0) is 86.0 Å². The Morgan fingerprint density at radius 3 is 2.18 bits per heavy atom. The van der Waals surface area contributed by atoms with Gasteiger partial charge in [-0.15, -0.1) is 6.42 Å². The molecule has 13 heteroatoms. The van der Waals surface area contributed by atoms with Gasteiger partial charge in [0.1, 0.15) is 23.5 Å². The van der Waals surface area contributed by atoms with E-state index in [9.17, 15) is 37.1 Å². The van der Waals surface area contributed by atoms with Gasteiger partial charge in [0.05, 0.1) is 23.6 Å². The second-order valence-electron chi connectivity index (χ2n) is 13.1. The molecule has 4 rings (SSSR count). The summed E-state index contributed by atoms with van der Waals surface area (Å²) in [5, 5.41) is 12.1. The number of rotatable bonds is 11. The van der Waals surface area contributed by atoms with Crippen LogP contribution in [0.15, 0.2) is 35.3 Å². The molecule has 2 heterocycles. The van der Waals surface area contributed by atoms with Crippen molar-refractivity contribution in [2.45, 2.75) is 65.2 Å². The number of alkyl halides is 3.